The van der Waals surface area contributed by atoms with Crippen LogP contribution in [0, 0.1) is 0 Å². The molecule has 8 heteroatoms. The third kappa shape index (κ3) is 3.94. The molecule has 2 heterocycles. The predicted molar refractivity (Wildman–Crippen MR) is 107 cm³/mol. The quantitative estimate of drug-likeness (QED) is 0.813. The lowest BCUT2D eigenvalue weighted by molar-refractivity contribution is -0.119. The van der Waals surface area contributed by atoms with Gasteiger partial charge in [-0.05, 0) is 42.7 Å². The SMILES string of the molecule is CCC(CC)(NC(=O)C1=CC=CN2CCS(=O)(=O)N=C12)c1ccc(Cl)cc1. The second-order valence-corrected chi connectivity index (χ2v) is 8.76. The molecule has 0 fully saturated rings. The van der Waals surface area contributed by atoms with Crippen molar-refractivity contribution in [1.82, 2.24) is 10.2 Å². The molecule has 1 aromatic carbocycles. The van der Waals surface area contributed by atoms with E-state index in [1.54, 1.807) is 35.4 Å². The summed E-state index contributed by atoms with van der Waals surface area (Å²) in [5, 5.41) is 3.74. The zero-order valence-electron chi connectivity index (χ0n) is 15.3. The topological polar surface area (TPSA) is 78.8 Å². The lowest BCUT2D eigenvalue weighted by atomic mass is 9.84. The number of allylic oxidation sites excluding steroid dienone is 2. The highest BCUT2D eigenvalue weighted by Gasteiger charge is 2.35. The van der Waals surface area contributed by atoms with Crippen LogP contribution in [0.2, 0.25) is 5.02 Å². The fourth-order valence-electron chi connectivity index (χ4n) is 3.35. The van der Waals surface area contributed by atoms with Crippen molar-refractivity contribution in [3.63, 3.8) is 0 Å². The van der Waals surface area contributed by atoms with Crippen molar-refractivity contribution in [3.8, 4) is 0 Å². The fraction of sp³-hybridized carbons (Fsp3) is 0.368. The maximum absolute atomic E-state index is 13.1. The number of fused-ring (bicyclic) bond motifs is 1. The van der Waals surface area contributed by atoms with Crippen LogP contribution in [0.3, 0.4) is 0 Å². The zero-order valence-corrected chi connectivity index (χ0v) is 16.8. The lowest BCUT2D eigenvalue weighted by Crippen LogP contribution is -2.49. The van der Waals surface area contributed by atoms with Crippen LogP contribution in [0.1, 0.15) is 32.3 Å². The molecule has 0 bridgehead atoms. The minimum Gasteiger partial charge on any atom is -0.342 e. The molecule has 0 aliphatic carbocycles. The number of sulfonamides is 1. The standard InChI is InChI=1S/C19H22ClN3O3S/c1-3-19(4-2,14-7-9-15(20)10-8-14)21-18(24)16-6-5-11-23-12-13-27(25,26)22-17(16)23/h5-11H,3-4,12-13H2,1-2H3,(H,21,24). The van der Waals surface area contributed by atoms with E-state index in [-0.39, 0.29) is 29.6 Å². The summed E-state index contributed by atoms with van der Waals surface area (Å²) in [5.74, 6) is -0.230. The maximum Gasteiger partial charge on any atom is 0.256 e. The van der Waals surface area contributed by atoms with Gasteiger partial charge in [-0.2, -0.15) is 0 Å². The molecule has 2 aliphatic rings. The van der Waals surface area contributed by atoms with Crippen molar-refractivity contribution in [2.75, 3.05) is 12.3 Å². The summed E-state index contributed by atoms with van der Waals surface area (Å²) >= 11 is 6.00. The summed E-state index contributed by atoms with van der Waals surface area (Å²) in [5.41, 5.74) is 0.621. The molecule has 6 nitrogen and oxygen atoms in total. The minimum atomic E-state index is -3.55. The van der Waals surface area contributed by atoms with Crippen LogP contribution in [0.4, 0.5) is 0 Å². The van der Waals surface area contributed by atoms with Crippen molar-refractivity contribution in [2.24, 2.45) is 4.40 Å². The smallest absolute Gasteiger partial charge is 0.256 e. The highest BCUT2D eigenvalue weighted by molar-refractivity contribution is 7.90. The molecule has 0 atom stereocenters. The molecule has 3 rings (SSSR count). The van der Waals surface area contributed by atoms with E-state index in [9.17, 15) is 13.2 Å². The molecule has 0 spiro atoms. The number of amidine groups is 1. The summed E-state index contributed by atoms with van der Waals surface area (Å²) in [6, 6.07) is 7.40. The Kier molecular flexibility index (Phi) is 5.44. The first-order chi connectivity index (χ1) is 12.8. The summed E-state index contributed by atoms with van der Waals surface area (Å²) in [6.07, 6.45) is 6.41. The Hall–Kier alpha value is -2.12. The van der Waals surface area contributed by atoms with Crippen molar-refractivity contribution in [2.45, 2.75) is 32.2 Å². The summed E-state index contributed by atoms with van der Waals surface area (Å²) in [7, 11) is -3.55. The van der Waals surface area contributed by atoms with E-state index in [1.165, 1.54) is 0 Å². The van der Waals surface area contributed by atoms with E-state index in [4.69, 9.17) is 11.6 Å². The average Bonchev–Trinajstić information content (AvgIpc) is 2.65. The minimum absolute atomic E-state index is 0.0611. The number of benzene rings is 1. The largest absolute Gasteiger partial charge is 0.342 e. The van der Waals surface area contributed by atoms with Gasteiger partial charge in [0.15, 0.2) is 5.84 Å². The van der Waals surface area contributed by atoms with Gasteiger partial charge in [0.25, 0.3) is 15.9 Å². The second-order valence-electron chi connectivity index (χ2n) is 6.57. The van der Waals surface area contributed by atoms with Crippen molar-refractivity contribution in [1.29, 1.82) is 0 Å². The molecule has 144 valence electrons. The Morgan fingerprint density at radius 2 is 1.93 bits per heavy atom. The number of hydrogen-bond donors (Lipinski definition) is 1. The Labute approximate surface area is 164 Å². The monoisotopic (exact) mass is 407 g/mol. The number of carbonyl (C=O) groups is 1. The number of carbonyl (C=O) groups excluding carboxylic acids is 1. The Balaban J connectivity index is 1.94. The van der Waals surface area contributed by atoms with Crippen molar-refractivity contribution in [3.05, 3.63) is 58.8 Å². The van der Waals surface area contributed by atoms with Crippen LogP contribution in [0.15, 0.2) is 52.6 Å². The summed E-state index contributed by atoms with van der Waals surface area (Å²) in [6.45, 7) is 4.29. The molecular weight excluding hydrogens is 386 g/mol. The van der Waals surface area contributed by atoms with Gasteiger partial charge in [-0.3, -0.25) is 4.79 Å². The number of nitrogens with one attached hydrogen (secondary N) is 1. The van der Waals surface area contributed by atoms with Crippen LogP contribution in [0.25, 0.3) is 0 Å². The molecule has 2 aliphatic heterocycles. The molecule has 1 aromatic rings. The van der Waals surface area contributed by atoms with Crippen LogP contribution < -0.4 is 5.32 Å². The maximum atomic E-state index is 13.1. The molecule has 0 unspecified atom stereocenters. The highest BCUT2D eigenvalue weighted by Crippen LogP contribution is 2.30. The third-order valence-electron chi connectivity index (χ3n) is 5.06. The molecular formula is C19H22ClN3O3S. The fourth-order valence-corrected chi connectivity index (χ4v) is 4.47. The molecule has 0 saturated carbocycles. The predicted octanol–water partition coefficient (Wildman–Crippen LogP) is 2.97. The normalized spacial score (nSPS) is 18.4. The molecule has 1 N–H and O–H groups in total. The number of amides is 1. The molecule has 0 aromatic heterocycles. The van der Waals surface area contributed by atoms with Gasteiger partial charge in [0, 0.05) is 17.8 Å². The summed E-state index contributed by atoms with van der Waals surface area (Å²) in [4.78, 5) is 14.8. The van der Waals surface area contributed by atoms with Crippen LogP contribution >= 0.6 is 11.6 Å². The van der Waals surface area contributed by atoms with E-state index in [1.807, 2.05) is 26.0 Å². The summed E-state index contributed by atoms with van der Waals surface area (Å²) < 4.78 is 27.7. The highest BCUT2D eigenvalue weighted by atomic mass is 35.5. The van der Waals surface area contributed by atoms with Gasteiger partial charge in [0.2, 0.25) is 0 Å². The molecule has 1 amide bonds. The molecule has 27 heavy (non-hydrogen) atoms. The van der Waals surface area contributed by atoms with E-state index in [0.717, 1.165) is 5.56 Å². The van der Waals surface area contributed by atoms with Crippen LogP contribution in [-0.4, -0.2) is 37.4 Å². The van der Waals surface area contributed by atoms with Gasteiger partial charge in [0.1, 0.15) is 0 Å². The Bertz CT molecular complexity index is 929. The van der Waals surface area contributed by atoms with E-state index >= 15 is 0 Å². The number of hydrogen-bond acceptors (Lipinski definition) is 4. The zero-order chi connectivity index (χ0) is 19.7. The van der Waals surface area contributed by atoms with Crippen molar-refractivity contribution < 1.29 is 13.2 Å². The third-order valence-corrected chi connectivity index (χ3v) is 6.46. The van der Waals surface area contributed by atoms with E-state index < -0.39 is 15.6 Å². The van der Waals surface area contributed by atoms with Crippen LogP contribution in [-0.2, 0) is 20.4 Å². The number of rotatable bonds is 5. The van der Waals surface area contributed by atoms with Gasteiger partial charge in [-0.1, -0.05) is 37.6 Å². The number of halogens is 1. The van der Waals surface area contributed by atoms with E-state index in [0.29, 0.717) is 17.9 Å². The van der Waals surface area contributed by atoms with Gasteiger partial charge < -0.3 is 10.2 Å². The first-order valence-corrected chi connectivity index (χ1v) is 10.9. The Morgan fingerprint density at radius 1 is 1.26 bits per heavy atom. The van der Waals surface area contributed by atoms with Crippen molar-refractivity contribution >= 4 is 33.4 Å². The first kappa shape index (κ1) is 19.6. The van der Waals surface area contributed by atoms with E-state index in [2.05, 4.69) is 9.71 Å². The van der Waals surface area contributed by atoms with Gasteiger partial charge >= 0.3 is 0 Å². The Morgan fingerprint density at radius 3 is 2.56 bits per heavy atom. The van der Waals surface area contributed by atoms with Gasteiger partial charge in [-0.25, -0.2) is 8.42 Å². The average molecular weight is 408 g/mol. The van der Waals surface area contributed by atoms with Crippen LogP contribution in [0.5, 0.6) is 0 Å². The second kappa shape index (κ2) is 7.48. The van der Waals surface area contributed by atoms with Gasteiger partial charge in [-0.15, -0.1) is 4.40 Å². The first-order valence-electron chi connectivity index (χ1n) is 8.87. The molecule has 0 radical (unpaired) electrons. The lowest BCUT2D eigenvalue weighted by Gasteiger charge is -2.35. The molecule has 0 saturated heterocycles. The number of nitrogens with zero attached hydrogens (tertiary/aromatic N) is 2. The van der Waals surface area contributed by atoms with Gasteiger partial charge in [0.05, 0.1) is 16.9 Å².